The molecule has 7 heteroatoms. The van der Waals surface area contributed by atoms with Crippen molar-refractivity contribution in [2.24, 2.45) is 5.41 Å². The third-order valence-corrected chi connectivity index (χ3v) is 4.14. The van der Waals surface area contributed by atoms with Gasteiger partial charge < -0.3 is 10.6 Å². The van der Waals surface area contributed by atoms with E-state index < -0.39 is 23.2 Å². The van der Waals surface area contributed by atoms with Crippen molar-refractivity contribution in [1.82, 2.24) is 15.6 Å². The Morgan fingerprint density at radius 1 is 1.19 bits per heavy atom. The number of benzene rings is 1. The summed E-state index contributed by atoms with van der Waals surface area (Å²) in [6.45, 7) is 5.58. The Balaban J connectivity index is 2.30. The first-order valence-electron chi connectivity index (χ1n) is 8.08. The van der Waals surface area contributed by atoms with Crippen molar-refractivity contribution in [3.63, 3.8) is 0 Å². The van der Waals surface area contributed by atoms with Gasteiger partial charge in [0.05, 0.1) is 10.7 Å². The maximum absolute atomic E-state index is 13.3. The molecule has 2 aromatic rings. The van der Waals surface area contributed by atoms with Crippen LogP contribution in [0.4, 0.5) is 4.39 Å². The number of aromatic nitrogens is 1. The Bertz CT molecular complexity index is 834. The van der Waals surface area contributed by atoms with Crippen LogP contribution in [0.5, 0.6) is 0 Å². The lowest BCUT2D eigenvalue weighted by Gasteiger charge is -2.29. The highest BCUT2D eigenvalue weighted by molar-refractivity contribution is 6.31. The van der Waals surface area contributed by atoms with Crippen molar-refractivity contribution >= 4 is 23.4 Å². The monoisotopic (exact) mass is 377 g/mol. The Morgan fingerprint density at radius 3 is 2.46 bits per heavy atom. The maximum atomic E-state index is 13.3. The minimum Gasteiger partial charge on any atom is -0.357 e. The van der Waals surface area contributed by atoms with Gasteiger partial charge in [-0.3, -0.25) is 9.59 Å². The van der Waals surface area contributed by atoms with Crippen molar-refractivity contribution in [2.45, 2.75) is 26.8 Å². The highest BCUT2D eigenvalue weighted by Gasteiger charge is 2.32. The number of rotatable bonds is 4. The number of pyridine rings is 1. The third kappa shape index (κ3) is 4.58. The normalized spacial score (nSPS) is 12.4. The summed E-state index contributed by atoms with van der Waals surface area (Å²) >= 11 is 5.81. The summed E-state index contributed by atoms with van der Waals surface area (Å²) in [5, 5.41) is 5.25. The summed E-state index contributed by atoms with van der Waals surface area (Å²) in [7, 11) is 1.52. The van der Waals surface area contributed by atoms with Gasteiger partial charge in [0.2, 0.25) is 5.91 Å². The van der Waals surface area contributed by atoms with Crippen molar-refractivity contribution in [2.75, 3.05) is 7.05 Å². The van der Waals surface area contributed by atoms with Crippen LogP contribution in [-0.2, 0) is 4.79 Å². The molecule has 1 aromatic heterocycles. The van der Waals surface area contributed by atoms with Gasteiger partial charge in [-0.05, 0) is 35.7 Å². The van der Waals surface area contributed by atoms with Crippen LogP contribution >= 0.6 is 11.6 Å². The molecular weight excluding hydrogens is 357 g/mol. The van der Waals surface area contributed by atoms with Gasteiger partial charge in [-0.2, -0.15) is 0 Å². The number of carbonyl (C=O) groups excluding carboxylic acids is 2. The van der Waals surface area contributed by atoms with Crippen molar-refractivity contribution in [3.8, 4) is 11.3 Å². The zero-order chi connectivity index (χ0) is 19.5. The molecule has 1 heterocycles. The Morgan fingerprint density at radius 2 is 1.88 bits per heavy atom. The van der Waals surface area contributed by atoms with Crippen LogP contribution in [0.1, 0.15) is 31.3 Å². The number of hydrogen-bond acceptors (Lipinski definition) is 3. The number of nitrogens with one attached hydrogen (secondary N) is 2. The van der Waals surface area contributed by atoms with Gasteiger partial charge in [-0.25, -0.2) is 9.37 Å². The van der Waals surface area contributed by atoms with Crippen LogP contribution < -0.4 is 10.6 Å². The molecule has 0 aliphatic carbocycles. The molecule has 138 valence electrons. The minimum absolute atomic E-state index is 0.0217. The highest BCUT2D eigenvalue weighted by atomic mass is 35.5. The predicted molar refractivity (Wildman–Crippen MR) is 99.4 cm³/mol. The summed E-state index contributed by atoms with van der Waals surface area (Å²) in [4.78, 5) is 29.0. The highest BCUT2D eigenvalue weighted by Crippen LogP contribution is 2.24. The summed E-state index contributed by atoms with van der Waals surface area (Å²) < 4.78 is 13.3. The number of amides is 2. The fourth-order valence-corrected chi connectivity index (χ4v) is 2.58. The molecule has 1 atom stereocenters. The standard InChI is InChI=1S/C19H21ClFN3O2/c1-19(2,3)16(18(26)22-4)24-17(25)15-7-5-6-14(23-15)11-8-9-13(21)12(20)10-11/h5-10,16H,1-4H3,(H,22,26)(H,24,25). The molecule has 0 saturated carbocycles. The van der Waals surface area contributed by atoms with E-state index in [2.05, 4.69) is 15.6 Å². The van der Waals surface area contributed by atoms with E-state index in [1.165, 1.54) is 25.2 Å². The minimum atomic E-state index is -0.717. The molecule has 0 aliphatic heterocycles. The summed E-state index contributed by atoms with van der Waals surface area (Å²) in [5.41, 5.74) is 0.746. The third-order valence-electron chi connectivity index (χ3n) is 3.85. The van der Waals surface area contributed by atoms with Gasteiger partial charge in [0.25, 0.3) is 5.91 Å². The molecule has 0 aliphatic rings. The predicted octanol–water partition coefficient (Wildman–Crippen LogP) is 3.43. The Kier molecular flexibility index (Phi) is 5.97. The SMILES string of the molecule is CNC(=O)C(NC(=O)c1cccc(-c2ccc(F)c(Cl)c2)n1)C(C)(C)C. The molecule has 2 rings (SSSR count). The van der Waals surface area contributed by atoms with Crippen molar-refractivity contribution in [1.29, 1.82) is 0 Å². The zero-order valence-electron chi connectivity index (χ0n) is 15.1. The number of carbonyl (C=O) groups is 2. The van der Waals surface area contributed by atoms with Crippen molar-refractivity contribution < 1.29 is 14.0 Å². The van der Waals surface area contributed by atoms with Crippen LogP contribution in [0.15, 0.2) is 36.4 Å². The summed E-state index contributed by atoms with van der Waals surface area (Å²) in [6.07, 6.45) is 0. The second kappa shape index (κ2) is 7.83. The fraction of sp³-hybridized carbons (Fsp3) is 0.316. The second-order valence-electron chi connectivity index (χ2n) is 6.92. The first-order chi connectivity index (χ1) is 12.1. The molecule has 5 nitrogen and oxygen atoms in total. The van der Waals surface area contributed by atoms with Crippen LogP contribution in [-0.4, -0.2) is 29.9 Å². The van der Waals surface area contributed by atoms with E-state index in [1.807, 2.05) is 20.8 Å². The number of nitrogens with zero attached hydrogens (tertiary/aromatic N) is 1. The van der Waals surface area contributed by atoms with Crippen LogP contribution in [0.3, 0.4) is 0 Å². The van der Waals surface area contributed by atoms with E-state index in [0.717, 1.165) is 0 Å². The molecule has 0 fully saturated rings. The van der Waals surface area contributed by atoms with Crippen LogP contribution in [0.25, 0.3) is 11.3 Å². The Hall–Kier alpha value is -2.47. The van der Waals surface area contributed by atoms with Gasteiger partial charge in [-0.1, -0.05) is 38.4 Å². The quantitative estimate of drug-likeness (QED) is 0.857. The van der Waals surface area contributed by atoms with E-state index in [0.29, 0.717) is 11.3 Å². The first-order valence-corrected chi connectivity index (χ1v) is 8.46. The second-order valence-corrected chi connectivity index (χ2v) is 7.33. The van der Waals surface area contributed by atoms with Crippen LogP contribution in [0.2, 0.25) is 5.02 Å². The van der Waals surface area contributed by atoms with Gasteiger partial charge >= 0.3 is 0 Å². The van der Waals surface area contributed by atoms with E-state index in [9.17, 15) is 14.0 Å². The number of likely N-dealkylation sites (N-methyl/N-ethyl adjacent to an activating group) is 1. The molecule has 2 N–H and O–H groups in total. The smallest absolute Gasteiger partial charge is 0.270 e. The molecule has 0 spiro atoms. The van der Waals surface area contributed by atoms with E-state index in [-0.39, 0.29) is 16.6 Å². The first kappa shape index (κ1) is 19.8. The lowest BCUT2D eigenvalue weighted by molar-refractivity contribution is -0.124. The molecule has 1 unspecified atom stereocenters. The summed E-state index contributed by atoms with van der Waals surface area (Å²) in [5.74, 6) is -1.28. The molecule has 26 heavy (non-hydrogen) atoms. The van der Waals surface area contributed by atoms with Crippen LogP contribution in [0, 0.1) is 11.2 Å². The lowest BCUT2D eigenvalue weighted by atomic mass is 9.86. The molecule has 0 radical (unpaired) electrons. The van der Waals surface area contributed by atoms with E-state index >= 15 is 0 Å². The average molecular weight is 378 g/mol. The zero-order valence-corrected chi connectivity index (χ0v) is 15.8. The lowest BCUT2D eigenvalue weighted by Crippen LogP contribution is -2.53. The summed E-state index contributed by atoms with van der Waals surface area (Å²) in [6, 6.07) is 8.42. The van der Waals surface area contributed by atoms with E-state index in [1.54, 1.807) is 18.2 Å². The maximum Gasteiger partial charge on any atom is 0.270 e. The molecule has 1 aromatic carbocycles. The largest absolute Gasteiger partial charge is 0.357 e. The molecule has 0 saturated heterocycles. The molecule has 2 amide bonds. The topological polar surface area (TPSA) is 71.1 Å². The van der Waals surface area contributed by atoms with Gasteiger partial charge in [0, 0.05) is 12.6 Å². The van der Waals surface area contributed by atoms with Gasteiger partial charge in [-0.15, -0.1) is 0 Å². The molecule has 0 bridgehead atoms. The molecular formula is C19H21ClFN3O2. The number of halogens is 2. The average Bonchev–Trinajstić information content (AvgIpc) is 2.60. The Labute approximate surface area is 157 Å². The fourth-order valence-electron chi connectivity index (χ4n) is 2.40. The number of hydrogen-bond donors (Lipinski definition) is 2. The van der Waals surface area contributed by atoms with E-state index in [4.69, 9.17) is 11.6 Å². The van der Waals surface area contributed by atoms with Gasteiger partial charge in [0.15, 0.2) is 0 Å². The van der Waals surface area contributed by atoms with Gasteiger partial charge in [0.1, 0.15) is 17.6 Å². The van der Waals surface area contributed by atoms with Crippen molar-refractivity contribution in [3.05, 3.63) is 52.9 Å².